The van der Waals surface area contributed by atoms with Crippen LogP contribution in [0.1, 0.15) is 6.42 Å². The molecule has 0 bridgehead atoms. The number of β-amino-alcohol motifs (C(OH)–C–C–N with tert-alkyl or cyclic N) is 1. The molecule has 1 amide bonds. The number of carbonyl (C=O) groups is 1. The van der Waals surface area contributed by atoms with E-state index in [1.54, 1.807) is 0 Å². The van der Waals surface area contributed by atoms with Crippen LogP contribution < -0.4 is 5.73 Å². The highest BCUT2D eigenvalue weighted by atomic mass is 35.5. The number of nitrogens with zero attached hydrogens (tertiary/aromatic N) is 1. The monoisotopic (exact) mass is 242 g/mol. The average Bonchev–Trinajstić information content (AvgIpc) is 2.50. The lowest BCUT2D eigenvalue weighted by Gasteiger charge is -2.18. The van der Waals surface area contributed by atoms with E-state index in [9.17, 15) is 18.3 Å². The standard InChI is InChI=1S/C6H11ClN2O4S/c7-4-14(12,13)9-2-1-6(11,3-9)5(8)10/h11H,1-4H2,(H2,8,10). The van der Waals surface area contributed by atoms with Gasteiger partial charge >= 0.3 is 0 Å². The topological polar surface area (TPSA) is 101 Å². The minimum absolute atomic E-state index is 0.0124. The van der Waals surface area contributed by atoms with Crippen molar-refractivity contribution >= 4 is 27.5 Å². The Labute approximate surface area is 86.7 Å². The second-order valence-corrected chi connectivity index (χ2v) is 5.75. The van der Waals surface area contributed by atoms with Crippen molar-refractivity contribution in [2.75, 3.05) is 18.3 Å². The molecule has 1 saturated heterocycles. The minimum atomic E-state index is -3.57. The Morgan fingerprint density at radius 1 is 1.64 bits per heavy atom. The lowest BCUT2D eigenvalue weighted by Crippen LogP contribution is -2.46. The summed E-state index contributed by atoms with van der Waals surface area (Å²) in [6.45, 7) is -0.244. The van der Waals surface area contributed by atoms with Crippen molar-refractivity contribution in [2.45, 2.75) is 12.0 Å². The minimum Gasteiger partial charge on any atom is -0.379 e. The van der Waals surface area contributed by atoms with Gasteiger partial charge in [0.2, 0.25) is 10.0 Å². The van der Waals surface area contributed by atoms with Gasteiger partial charge in [-0.25, -0.2) is 8.42 Å². The fourth-order valence-electron chi connectivity index (χ4n) is 1.27. The largest absolute Gasteiger partial charge is 0.379 e. The van der Waals surface area contributed by atoms with Gasteiger partial charge in [-0.1, -0.05) is 0 Å². The average molecular weight is 243 g/mol. The molecule has 6 nitrogen and oxygen atoms in total. The number of halogens is 1. The molecule has 0 saturated carbocycles. The van der Waals surface area contributed by atoms with Crippen LogP contribution in [-0.4, -0.2) is 47.6 Å². The van der Waals surface area contributed by atoms with Crippen molar-refractivity contribution < 1.29 is 18.3 Å². The number of carbonyl (C=O) groups excluding carboxylic acids is 1. The highest BCUT2D eigenvalue weighted by molar-refractivity contribution is 7.90. The second-order valence-electron chi connectivity index (χ2n) is 3.20. The SMILES string of the molecule is NC(=O)C1(O)CCN(S(=O)(=O)CCl)C1. The molecule has 1 heterocycles. The van der Waals surface area contributed by atoms with Crippen LogP contribution in [0.25, 0.3) is 0 Å². The van der Waals surface area contributed by atoms with E-state index in [4.69, 9.17) is 17.3 Å². The Morgan fingerprint density at radius 3 is 2.57 bits per heavy atom. The molecule has 0 radical (unpaired) electrons. The Hall–Kier alpha value is -0.370. The molecule has 0 spiro atoms. The summed E-state index contributed by atoms with van der Waals surface area (Å²) in [6.07, 6.45) is 0.0124. The van der Waals surface area contributed by atoms with E-state index in [0.717, 1.165) is 4.31 Å². The summed E-state index contributed by atoms with van der Waals surface area (Å²) in [7, 11) is -3.57. The zero-order chi connectivity index (χ0) is 11.0. The van der Waals surface area contributed by atoms with E-state index in [2.05, 4.69) is 0 Å². The molecule has 3 N–H and O–H groups in total. The Kier molecular flexibility index (Phi) is 3.05. The Balaban J connectivity index is 2.81. The zero-order valence-corrected chi connectivity index (χ0v) is 8.88. The second kappa shape index (κ2) is 3.65. The first-order valence-corrected chi connectivity index (χ1v) is 6.02. The molecule has 1 aliphatic heterocycles. The van der Waals surface area contributed by atoms with Crippen LogP contribution in [-0.2, 0) is 14.8 Å². The molecule has 1 unspecified atom stereocenters. The van der Waals surface area contributed by atoms with Crippen molar-refractivity contribution in [3.8, 4) is 0 Å². The van der Waals surface area contributed by atoms with Crippen LogP contribution in [0.2, 0.25) is 0 Å². The number of primary amides is 1. The fourth-order valence-corrected chi connectivity index (χ4v) is 2.60. The third kappa shape index (κ3) is 2.00. The van der Waals surface area contributed by atoms with Gasteiger partial charge in [0.15, 0.2) is 5.60 Å². The van der Waals surface area contributed by atoms with Gasteiger partial charge in [0.25, 0.3) is 5.91 Å². The summed E-state index contributed by atoms with van der Waals surface area (Å²) < 4.78 is 23.4. The van der Waals surface area contributed by atoms with Gasteiger partial charge < -0.3 is 10.8 Å². The molecule has 0 aromatic carbocycles. The lowest BCUT2D eigenvalue weighted by atomic mass is 10.0. The van der Waals surface area contributed by atoms with E-state index < -0.39 is 26.7 Å². The Bertz CT molecular complexity index is 344. The molecule has 1 rings (SSSR count). The number of rotatable bonds is 3. The molecule has 8 heteroatoms. The van der Waals surface area contributed by atoms with E-state index in [1.165, 1.54) is 0 Å². The van der Waals surface area contributed by atoms with E-state index >= 15 is 0 Å². The lowest BCUT2D eigenvalue weighted by molar-refractivity contribution is -0.134. The van der Waals surface area contributed by atoms with Gasteiger partial charge in [-0.3, -0.25) is 4.79 Å². The molecule has 82 valence electrons. The maximum absolute atomic E-state index is 11.2. The highest BCUT2D eigenvalue weighted by Gasteiger charge is 2.45. The van der Waals surface area contributed by atoms with Gasteiger partial charge in [0.05, 0.1) is 6.54 Å². The maximum atomic E-state index is 11.2. The third-order valence-corrected chi connectivity index (χ3v) is 4.40. The van der Waals surface area contributed by atoms with Crippen LogP contribution in [0.3, 0.4) is 0 Å². The third-order valence-electron chi connectivity index (χ3n) is 2.20. The van der Waals surface area contributed by atoms with Gasteiger partial charge in [-0.05, 0) is 0 Å². The number of nitrogens with two attached hydrogens (primary N) is 1. The number of aliphatic hydroxyl groups is 1. The van der Waals surface area contributed by atoms with Crippen molar-refractivity contribution in [3.63, 3.8) is 0 Å². The number of alkyl halides is 1. The molecular weight excluding hydrogens is 232 g/mol. The Morgan fingerprint density at radius 2 is 2.21 bits per heavy atom. The number of amides is 1. The van der Waals surface area contributed by atoms with E-state index in [1.807, 2.05) is 0 Å². The molecule has 1 aliphatic rings. The molecular formula is C6H11ClN2O4S. The molecule has 0 aliphatic carbocycles. The number of hydrogen-bond acceptors (Lipinski definition) is 4. The van der Waals surface area contributed by atoms with E-state index in [-0.39, 0.29) is 19.5 Å². The molecule has 0 aromatic heterocycles. The van der Waals surface area contributed by atoms with Crippen LogP contribution in [0, 0.1) is 0 Å². The van der Waals surface area contributed by atoms with Crippen LogP contribution in [0.5, 0.6) is 0 Å². The van der Waals surface area contributed by atoms with Crippen molar-refractivity contribution in [2.24, 2.45) is 5.73 Å². The van der Waals surface area contributed by atoms with Gasteiger partial charge in [0.1, 0.15) is 5.21 Å². The summed E-state index contributed by atoms with van der Waals surface area (Å²) in [5, 5.41) is 9.01. The summed E-state index contributed by atoms with van der Waals surface area (Å²) in [5.74, 6) is -0.912. The predicted molar refractivity (Wildman–Crippen MR) is 50.0 cm³/mol. The smallest absolute Gasteiger partial charge is 0.250 e. The van der Waals surface area contributed by atoms with Crippen molar-refractivity contribution in [1.29, 1.82) is 0 Å². The zero-order valence-electron chi connectivity index (χ0n) is 7.31. The highest BCUT2D eigenvalue weighted by Crippen LogP contribution is 2.23. The summed E-state index contributed by atoms with van der Waals surface area (Å²) in [5.41, 5.74) is 3.18. The van der Waals surface area contributed by atoms with Crippen LogP contribution in [0.4, 0.5) is 0 Å². The summed E-state index contributed by atoms with van der Waals surface area (Å²) >= 11 is 5.22. The number of hydrogen-bond donors (Lipinski definition) is 2. The normalized spacial score (nSPS) is 29.3. The molecule has 1 atom stereocenters. The van der Waals surface area contributed by atoms with Crippen LogP contribution >= 0.6 is 11.6 Å². The quantitative estimate of drug-likeness (QED) is 0.584. The summed E-state index contributed by atoms with van der Waals surface area (Å²) in [4.78, 5) is 10.8. The van der Waals surface area contributed by atoms with Crippen molar-refractivity contribution in [1.82, 2.24) is 4.31 Å². The number of sulfonamides is 1. The molecule has 1 fully saturated rings. The first kappa shape index (κ1) is 11.7. The fraction of sp³-hybridized carbons (Fsp3) is 0.833. The van der Waals surface area contributed by atoms with Gasteiger partial charge in [-0.15, -0.1) is 11.6 Å². The van der Waals surface area contributed by atoms with Gasteiger partial charge in [-0.2, -0.15) is 4.31 Å². The van der Waals surface area contributed by atoms with Crippen LogP contribution in [0.15, 0.2) is 0 Å². The van der Waals surface area contributed by atoms with E-state index in [0.29, 0.717) is 0 Å². The van der Waals surface area contributed by atoms with Crippen molar-refractivity contribution in [3.05, 3.63) is 0 Å². The summed E-state index contributed by atoms with van der Waals surface area (Å²) in [6, 6.07) is 0. The molecule has 0 aromatic rings. The predicted octanol–water partition coefficient (Wildman–Crippen LogP) is -1.57. The van der Waals surface area contributed by atoms with Gasteiger partial charge in [0, 0.05) is 13.0 Å². The molecule has 14 heavy (non-hydrogen) atoms. The first-order chi connectivity index (χ1) is 6.32. The first-order valence-electron chi connectivity index (χ1n) is 3.88. The maximum Gasteiger partial charge on any atom is 0.250 e.